The van der Waals surface area contributed by atoms with E-state index in [0.29, 0.717) is 11.3 Å². The van der Waals surface area contributed by atoms with Crippen LogP contribution in [0.25, 0.3) is 0 Å². The van der Waals surface area contributed by atoms with E-state index in [1.54, 1.807) is 30.5 Å². The molecule has 2 rings (SSSR count). The number of carbonyl (C=O) groups excluding carboxylic acids is 1. The highest BCUT2D eigenvalue weighted by Gasteiger charge is 2.10. The Bertz CT molecular complexity index is 594. The van der Waals surface area contributed by atoms with Gasteiger partial charge in [-0.05, 0) is 50.2 Å². The van der Waals surface area contributed by atoms with Crippen molar-refractivity contribution in [3.63, 3.8) is 0 Å². The first-order chi connectivity index (χ1) is 9.56. The molecule has 0 atom stereocenters. The molecular weight excluding hydrogens is 254 g/mol. The van der Waals surface area contributed by atoms with Crippen molar-refractivity contribution < 1.29 is 9.53 Å². The van der Waals surface area contributed by atoms with Gasteiger partial charge in [0.15, 0.2) is 0 Å². The summed E-state index contributed by atoms with van der Waals surface area (Å²) in [5, 5.41) is 2.77. The number of nitrogens with two attached hydrogens (primary N) is 1. The van der Waals surface area contributed by atoms with Gasteiger partial charge < -0.3 is 15.8 Å². The maximum absolute atomic E-state index is 12.0. The zero-order chi connectivity index (χ0) is 14.5. The number of hydrogen-bond acceptors (Lipinski definition) is 4. The first-order valence-electron chi connectivity index (χ1n) is 6.35. The molecule has 20 heavy (non-hydrogen) atoms. The number of nitrogens with zero attached hydrogens (tertiary/aromatic N) is 1. The van der Waals surface area contributed by atoms with Crippen molar-refractivity contribution in [1.82, 2.24) is 4.98 Å². The van der Waals surface area contributed by atoms with E-state index in [9.17, 15) is 4.79 Å². The van der Waals surface area contributed by atoms with Gasteiger partial charge in [0.05, 0.1) is 11.7 Å². The van der Waals surface area contributed by atoms with E-state index in [0.717, 1.165) is 5.75 Å². The molecule has 0 unspecified atom stereocenters. The first kappa shape index (κ1) is 13.9. The molecule has 0 saturated carbocycles. The summed E-state index contributed by atoms with van der Waals surface area (Å²) >= 11 is 0. The molecule has 1 heterocycles. The van der Waals surface area contributed by atoms with Crippen LogP contribution in [-0.2, 0) is 0 Å². The predicted octanol–water partition coefficient (Wildman–Crippen LogP) is 2.70. The maximum atomic E-state index is 12.0. The summed E-state index contributed by atoms with van der Waals surface area (Å²) in [5.41, 5.74) is 6.69. The second-order valence-electron chi connectivity index (χ2n) is 4.58. The number of pyridine rings is 1. The zero-order valence-electron chi connectivity index (χ0n) is 11.5. The standard InChI is InChI=1S/C15H17N3O2/c1-10(2)20-12-7-5-11(6-8-12)18-15(19)13-4-3-9-17-14(13)16/h3-10H,1-2H3,(H2,16,17)(H,18,19). The third-order valence-electron chi connectivity index (χ3n) is 2.57. The first-order valence-corrected chi connectivity index (χ1v) is 6.35. The summed E-state index contributed by atoms with van der Waals surface area (Å²) < 4.78 is 5.54. The molecule has 0 radical (unpaired) electrons. The molecular formula is C15H17N3O2. The Morgan fingerprint density at radius 3 is 2.55 bits per heavy atom. The number of hydrogen-bond donors (Lipinski definition) is 2. The minimum atomic E-state index is -0.284. The summed E-state index contributed by atoms with van der Waals surface area (Å²) in [6.45, 7) is 3.92. The van der Waals surface area contributed by atoms with Gasteiger partial charge >= 0.3 is 0 Å². The van der Waals surface area contributed by atoms with Crippen LogP contribution < -0.4 is 15.8 Å². The van der Waals surface area contributed by atoms with Crippen molar-refractivity contribution >= 4 is 17.4 Å². The molecule has 1 amide bonds. The van der Waals surface area contributed by atoms with Gasteiger partial charge in [0, 0.05) is 11.9 Å². The summed E-state index contributed by atoms with van der Waals surface area (Å²) in [6.07, 6.45) is 1.66. The lowest BCUT2D eigenvalue weighted by atomic mass is 10.2. The SMILES string of the molecule is CC(C)Oc1ccc(NC(=O)c2cccnc2N)cc1. The van der Waals surface area contributed by atoms with E-state index < -0.39 is 0 Å². The van der Waals surface area contributed by atoms with Crippen molar-refractivity contribution in [1.29, 1.82) is 0 Å². The van der Waals surface area contributed by atoms with Crippen molar-refractivity contribution in [3.05, 3.63) is 48.2 Å². The monoisotopic (exact) mass is 271 g/mol. The Morgan fingerprint density at radius 2 is 1.95 bits per heavy atom. The second kappa shape index (κ2) is 6.06. The summed E-state index contributed by atoms with van der Waals surface area (Å²) in [7, 11) is 0. The van der Waals surface area contributed by atoms with E-state index in [1.165, 1.54) is 0 Å². The molecule has 5 nitrogen and oxygen atoms in total. The lowest BCUT2D eigenvalue weighted by Crippen LogP contribution is -2.14. The number of nitrogens with one attached hydrogen (secondary N) is 1. The molecule has 0 aliphatic rings. The molecule has 0 aliphatic carbocycles. The van der Waals surface area contributed by atoms with Crippen LogP contribution in [-0.4, -0.2) is 17.0 Å². The van der Waals surface area contributed by atoms with Crippen molar-refractivity contribution in [2.45, 2.75) is 20.0 Å². The van der Waals surface area contributed by atoms with E-state index in [1.807, 2.05) is 26.0 Å². The fourth-order valence-corrected chi connectivity index (χ4v) is 1.70. The highest BCUT2D eigenvalue weighted by Crippen LogP contribution is 2.18. The molecule has 0 fully saturated rings. The van der Waals surface area contributed by atoms with Gasteiger partial charge in [0.25, 0.3) is 5.91 Å². The smallest absolute Gasteiger partial charge is 0.259 e. The average molecular weight is 271 g/mol. The molecule has 1 aromatic heterocycles. The Hall–Kier alpha value is -2.56. The topological polar surface area (TPSA) is 77.2 Å². The minimum absolute atomic E-state index is 0.116. The van der Waals surface area contributed by atoms with Crippen molar-refractivity contribution in [2.24, 2.45) is 0 Å². The largest absolute Gasteiger partial charge is 0.491 e. The molecule has 2 aromatic rings. The fraction of sp³-hybridized carbons (Fsp3) is 0.200. The summed E-state index contributed by atoms with van der Waals surface area (Å²) in [6, 6.07) is 10.5. The normalized spacial score (nSPS) is 10.3. The minimum Gasteiger partial charge on any atom is -0.491 e. The van der Waals surface area contributed by atoms with Crippen LogP contribution in [0.1, 0.15) is 24.2 Å². The average Bonchev–Trinajstić information content (AvgIpc) is 2.41. The van der Waals surface area contributed by atoms with Crippen LogP contribution in [0.2, 0.25) is 0 Å². The van der Waals surface area contributed by atoms with Crippen LogP contribution in [0.15, 0.2) is 42.6 Å². The lowest BCUT2D eigenvalue weighted by molar-refractivity contribution is 0.102. The van der Waals surface area contributed by atoms with E-state index in [2.05, 4.69) is 10.3 Å². The van der Waals surface area contributed by atoms with E-state index >= 15 is 0 Å². The van der Waals surface area contributed by atoms with Crippen LogP contribution in [0, 0.1) is 0 Å². The number of carbonyl (C=O) groups is 1. The molecule has 104 valence electrons. The van der Waals surface area contributed by atoms with Crippen LogP contribution in [0.4, 0.5) is 11.5 Å². The highest BCUT2D eigenvalue weighted by atomic mass is 16.5. The predicted molar refractivity (Wildman–Crippen MR) is 78.8 cm³/mol. The molecule has 3 N–H and O–H groups in total. The van der Waals surface area contributed by atoms with Crippen molar-refractivity contribution in [3.8, 4) is 5.75 Å². The van der Waals surface area contributed by atoms with Gasteiger partial charge in [-0.15, -0.1) is 0 Å². The van der Waals surface area contributed by atoms with Gasteiger partial charge in [-0.3, -0.25) is 4.79 Å². The Balaban J connectivity index is 2.07. The molecule has 0 bridgehead atoms. The van der Waals surface area contributed by atoms with Crippen molar-refractivity contribution in [2.75, 3.05) is 11.1 Å². The number of benzene rings is 1. The molecule has 0 saturated heterocycles. The van der Waals surface area contributed by atoms with E-state index in [-0.39, 0.29) is 17.8 Å². The lowest BCUT2D eigenvalue weighted by Gasteiger charge is -2.11. The second-order valence-corrected chi connectivity index (χ2v) is 4.58. The quantitative estimate of drug-likeness (QED) is 0.896. The highest BCUT2D eigenvalue weighted by molar-refractivity contribution is 6.07. The third-order valence-corrected chi connectivity index (χ3v) is 2.57. The van der Waals surface area contributed by atoms with Gasteiger partial charge in [0.2, 0.25) is 0 Å². The molecule has 0 aliphatic heterocycles. The number of rotatable bonds is 4. The molecule has 1 aromatic carbocycles. The number of nitrogen functional groups attached to an aromatic ring is 1. The van der Waals surface area contributed by atoms with Gasteiger partial charge in [-0.1, -0.05) is 0 Å². The Kier molecular flexibility index (Phi) is 4.20. The Morgan fingerprint density at radius 1 is 1.25 bits per heavy atom. The maximum Gasteiger partial charge on any atom is 0.259 e. The van der Waals surface area contributed by atoms with Gasteiger partial charge in [0.1, 0.15) is 11.6 Å². The number of ether oxygens (including phenoxy) is 1. The van der Waals surface area contributed by atoms with Gasteiger partial charge in [-0.2, -0.15) is 0 Å². The zero-order valence-corrected chi connectivity index (χ0v) is 11.5. The van der Waals surface area contributed by atoms with Crippen LogP contribution >= 0.6 is 0 Å². The van der Waals surface area contributed by atoms with Crippen LogP contribution in [0.3, 0.4) is 0 Å². The summed E-state index contributed by atoms with van der Waals surface area (Å²) in [5.74, 6) is 0.691. The number of amides is 1. The Labute approximate surface area is 117 Å². The number of aromatic nitrogens is 1. The molecule has 5 heteroatoms. The summed E-state index contributed by atoms with van der Waals surface area (Å²) in [4.78, 5) is 15.9. The fourth-order valence-electron chi connectivity index (χ4n) is 1.70. The third kappa shape index (κ3) is 3.47. The van der Waals surface area contributed by atoms with Crippen LogP contribution in [0.5, 0.6) is 5.75 Å². The van der Waals surface area contributed by atoms with Gasteiger partial charge in [-0.25, -0.2) is 4.98 Å². The number of anilines is 2. The molecule has 0 spiro atoms. The van der Waals surface area contributed by atoms with E-state index in [4.69, 9.17) is 10.5 Å².